The van der Waals surface area contributed by atoms with Crippen LogP contribution >= 0.6 is 27.3 Å². The number of hydrogen-bond donors (Lipinski definition) is 1. The van der Waals surface area contributed by atoms with Crippen LogP contribution in [0.15, 0.2) is 59.1 Å². The zero-order chi connectivity index (χ0) is 29.7. The van der Waals surface area contributed by atoms with E-state index in [0.717, 1.165) is 20.5 Å². The van der Waals surface area contributed by atoms with Crippen molar-refractivity contribution in [2.24, 2.45) is 16.7 Å². The average Bonchev–Trinajstić information content (AvgIpc) is 3.36. The van der Waals surface area contributed by atoms with E-state index in [9.17, 15) is 19.2 Å². The lowest BCUT2D eigenvalue weighted by molar-refractivity contribution is -0.172. The zero-order valence-corrected chi connectivity index (χ0v) is 26.1. The van der Waals surface area contributed by atoms with Gasteiger partial charge in [0.25, 0.3) is 0 Å². The van der Waals surface area contributed by atoms with E-state index in [4.69, 9.17) is 4.74 Å². The number of benzene rings is 2. The van der Waals surface area contributed by atoms with Crippen LogP contribution in [0.1, 0.15) is 54.4 Å². The van der Waals surface area contributed by atoms with E-state index in [1.165, 1.54) is 23.3 Å². The Kier molecular flexibility index (Phi) is 7.72. The predicted octanol–water partition coefficient (Wildman–Crippen LogP) is 6.63. The summed E-state index contributed by atoms with van der Waals surface area (Å²) in [5.74, 6) is -2.08. The van der Waals surface area contributed by atoms with Gasteiger partial charge in [0.2, 0.25) is 17.7 Å². The van der Waals surface area contributed by atoms with E-state index < -0.39 is 28.7 Å². The molecule has 3 aromatic rings. The molecule has 1 aromatic heterocycles. The predicted molar refractivity (Wildman–Crippen MR) is 163 cm³/mol. The summed E-state index contributed by atoms with van der Waals surface area (Å²) in [5.41, 5.74) is 1.27. The number of carbonyl (C=O) groups is 4. The molecule has 3 atom stereocenters. The van der Waals surface area contributed by atoms with Gasteiger partial charge in [-0.3, -0.25) is 19.3 Å². The minimum Gasteiger partial charge on any atom is -0.465 e. The topological polar surface area (TPSA) is 92.8 Å². The highest BCUT2D eigenvalue weighted by Crippen LogP contribution is 2.60. The van der Waals surface area contributed by atoms with Gasteiger partial charge in [-0.1, -0.05) is 79.2 Å². The Bertz CT molecular complexity index is 1530. The number of nitrogens with one attached hydrogen (secondary N) is 1. The third-order valence-electron chi connectivity index (χ3n) is 9.18. The molecular formula is C32H33BrN2O5S. The van der Waals surface area contributed by atoms with Crippen molar-refractivity contribution in [2.75, 3.05) is 12.4 Å². The van der Waals surface area contributed by atoms with E-state index in [2.05, 4.69) is 21.2 Å². The molecule has 3 amide bonds. The first-order valence-corrected chi connectivity index (χ1v) is 15.2. The molecule has 0 spiro atoms. The maximum Gasteiger partial charge on any atom is 0.341 e. The normalized spacial score (nSPS) is 22.0. The van der Waals surface area contributed by atoms with Crippen molar-refractivity contribution in [1.82, 2.24) is 4.90 Å². The molecule has 5 rings (SSSR count). The van der Waals surface area contributed by atoms with Gasteiger partial charge in [-0.2, -0.15) is 0 Å². The van der Waals surface area contributed by atoms with Crippen molar-refractivity contribution in [2.45, 2.75) is 53.0 Å². The van der Waals surface area contributed by atoms with Crippen LogP contribution in [0.25, 0.3) is 11.1 Å². The van der Waals surface area contributed by atoms with E-state index in [1.807, 2.05) is 82.3 Å². The van der Waals surface area contributed by atoms with E-state index >= 15 is 0 Å². The molecule has 0 radical (unpaired) electrons. The molecule has 2 bridgehead atoms. The van der Waals surface area contributed by atoms with Crippen LogP contribution in [0, 0.1) is 23.7 Å². The number of anilines is 1. The van der Waals surface area contributed by atoms with Crippen LogP contribution in [0.5, 0.6) is 0 Å². The third-order valence-corrected chi connectivity index (χ3v) is 10.7. The Morgan fingerprint density at radius 1 is 1.10 bits per heavy atom. The first kappa shape index (κ1) is 29.2. The summed E-state index contributed by atoms with van der Waals surface area (Å²) < 4.78 is 6.02. The van der Waals surface area contributed by atoms with Crippen molar-refractivity contribution in [3.63, 3.8) is 0 Å². The van der Waals surface area contributed by atoms with Gasteiger partial charge in [-0.05, 0) is 48.4 Å². The van der Waals surface area contributed by atoms with Crippen LogP contribution in [-0.4, -0.2) is 41.7 Å². The van der Waals surface area contributed by atoms with Crippen molar-refractivity contribution < 1.29 is 23.9 Å². The monoisotopic (exact) mass is 636 g/mol. The smallest absolute Gasteiger partial charge is 0.341 e. The number of esters is 1. The summed E-state index contributed by atoms with van der Waals surface area (Å²) in [7, 11) is 1.30. The standard InChI is InChI=1S/C32H33BrN2O5S/c1-18-24(20-11-13-21(33)14-12-20)25(29(38)40-5)27(41-18)34-26(36)23(17-19-9-7-6-8-10-19)35-28(37)22-15-16-32(4,30(35)39)31(22,2)3/h6-14,22-23H,15-17H2,1-5H3,(H,34,36). The van der Waals surface area contributed by atoms with Crippen LogP contribution in [-0.2, 0) is 25.5 Å². The molecule has 2 heterocycles. The molecule has 1 N–H and O–H groups in total. The molecule has 7 nitrogen and oxygen atoms in total. The number of nitrogens with zero attached hydrogens (tertiary/aromatic N) is 1. The summed E-state index contributed by atoms with van der Waals surface area (Å²) in [6.45, 7) is 7.74. The van der Waals surface area contributed by atoms with Gasteiger partial charge in [0.15, 0.2) is 0 Å². The van der Waals surface area contributed by atoms with Gasteiger partial charge in [-0.15, -0.1) is 11.3 Å². The summed E-state index contributed by atoms with van der Waals surface area (Å²) in [5, 5.41) is 3.25. The molecule has 1 aliphatic carbocycles. The van der Waals surface area contributed by atoms with Gasteiger partial charge in [-0.25, -0.2) is 4.79 Å². The number of rotatable bonds is 7. The number of hydrogen-bond acceptors (Lipinski definition) is 6. The first-order chi connectivity index (χ1) is 19.4. The number of imide groups is 1. The molecule has 3 unspecified atom stereocenters. The Balaban J connectivity index is 1.57. The fourth-order valence-corrected chi connectivity index (χ4v) is 7.70. The van der Waals surface area contributed by atoms with E-state index in [0.29, 0.717) is 23.4 Å². The number of fused-ring (bicyclic) bond motifs is 2. The number of piperidine rings is 1. The number of aryl methyl sites for hydroxylation is 1. The Hall–Kier alpha value is -3.30. The number of ether oxygens (including phenoxy) is 1. The highest BCUT2D eigenvalue weighted by molar-refractivity contribution is 9.10. The number of thiophene rings is 1. The lowest BCUT2D eigenvalue weighted by atomic mass is 9.62. The molecule has 41 heavy (non-hydrogen) atoms. The van der Waals surface area contributed by atoms with E-state index in [-0.39, 0.29) is 29.7 Å². The second kappa shape index (κ2) is 10.8. The maximum absolute atomic E-state index is 14.2. The fraction of sp³-hybridized carbons (Fsp3) is 0.375. The van der Waals surface area contributed by atoms with E-state index in [1.54, 1.807) is 0 Å². The van der Waals surface area contributed by atoms with Crippen molar-refractivity contribution in [1.29, 1.82) is 0 Å². The summed E-state index contributed by atoms with van der Waals surface area (Å²) in [6.07, 6.45) is 1.36. The van der Waals surface area contributed by atoms with Gasteiger partial charge in [0.1, 0.15) is 16.6 Å². The fourth-order valence-electron chi connectivity index (χ4n) is 6.37. The van der Waals surface area contributed by atoms with Gasteiger partial charge >= 0.3 is 5.97 Å². The van der Waals surface area contributed by atoms with Crippen LogP contribution < -0.4 is 5.32 Å². The largest absolute Gasteiger partial charge is 0.465 e. The third kappa shape index (κ3) is 4.83. The average molecular weight is 638 g/mol. The van der Waals surface area contributed by atoms with Crippen molar-refractivity contribution >= 4 is 56.0 Å². The van der Waals surface area contributed by atoms with Crippen LogP contribution in [0.2, 0.25) is 0 Å². The zero-order valence-electron chi connectivity index (χ0n) is 23.7. The maximum atomic E-state index is 14.2. The SMILES string of the molecule is COC(=O)c1c(NC(=O)C(Cc2ccccc2)N2C(=O)C3CCC(C)(C2=O)C3(C)C)sc(C)c1-c1ccc(Br)cc1. The molecule has 2 aromatic carbocycles. The molecule has 1 saturated heterocycles. The van der Waals surface area contributed by atoms with Gasteiger partial charge in [0, 0.05) is 27.3 Å². The van der Waals surface area contributed by atoms with Crippen LogP contribution in [0.3, 0.4) is 0 Å². The summed E-state index contributed by atoms with van der Waals surface area (Å²) >= 11 is 4.71. The molecule has 2 fully saturated rings. The highest BCUT2D eigenvalue weighted by Gasteiger charge is 2.65. The number of likely N-dealkylation sites (tertiary alicyclic amines) is 1. The summed E-state index contributed by atoms with van der Waals surface area (Å²) in [4.78, 5) is 57.2. The molecule has 1 saturated carbocycles. The van der Waals surface area contributed by atoms with Crippen molar-refractivity contribution in [3.05, 3.63) is 75.1 Å². The quantitative estimate of drug-likeness (QED) is 0.232. The molecule has 1 aliphatic heterocycles. The summed E-state index contributed by atoms with van der Waals surface area (Å²) in [6, 6.07) is 15.8. The lowest BCUT2D eigenvalue weighted by Gasteiger charge is -2.49. The van der Waals surface area contributed by atoms with Gasteiger partial charge in [0.05, 0.1) is 12.5 Å². The molecule has 214 valence electrons. The van der Waals surface area contributed by atoms with Crippen LogP contribution in [0.4, 0.5) is 5.00 Å². The minimum absolute atomic E-state index is 0.158. The molecule has 9 heteroatoms. The number of halogens is 1. The number of carbonyl (C=O) groups excluding carboxylic acids is 4. The Morgan fingerprint density at radius 2 is 1.76 bits per heavy atom. The Morgan fingerprint density at radius 3 is 2.39 bits per heavy atom. The number of amides is 3. The minimum atomic E-state index is -1.09. The Labute approximate surface area is 252 Å². The highest BCUT2D eigenvalue weighted by atomic mass is 79.9. The molecular weight excluding hydrogens is 604 g/mol. The lowest BCUT2D eigenvalue weighted by Crippen LogP contribution is -2.64. The van der Waals surface area contributed by atoms with Crippen molar-refractivity contribution in [3.8, 4) is 11.1 Å². The second-order valence-corrected chi connectivity index (χ2v) is 13.7. The second-order valence-electron chi connectivity index (χ2n) is 11.6. The first-order valence-electron chi connectivity index (χ1n) is 13.6. The van der Waals surface area contributed by atoms with Gasteiger partial charge < -0.3 is 10.1 Å². The molecule has 2 aliphatic rings. The number of methoxy groups -OCH3 is 1.